The van der Waals surface area contributed by atoms with Crippen LogP contribution in [-0.4, -0.2) is 16.1 Å². The van der Waals surface area contributed by atoms with E-state index >= 15 is 0 Å². The normalized spacial score (nSPS) is 12.3. The summed E-state index contributed by atoms with van der Waals surface area (Å²) in [6, 6.07) is 1.69. The first-order valence-corrected chi connectivity index (χ1v) is 5.14. The summed E-state index contributed by atoms with van der Waals surface area (Å²) >= 11 is 0. The van der Waals surface area contributed by atoms with Crippen LogP contribution in [0.4, 0.5) is 5.82 Å². The maximum atomic E-state index is 5.63. The Morgan fingerprint density at radius 2 is 2.27 bits per heavy atom. The van der Waals surface area contributed by atoms with Crippen molar-refractivity contribution < 1.29 is 4.74 Å². The molecular formula is C10H18N4O. The summed E-state index contributed by atoms with van der Waals surface area (Å²) in [7, 11) is 0. The molecule has 84 valence electrons. The van der Waals surface area contributed by atoms with Gasteiger partial charge in [-0.15, -0.1) is 0 Å². The van der Waals surface area contributed by atoms with E-state index in [-0.39, 0.29) is 6.10 Å². The molecule has 0 saturated carbocycles. The molecule has 0 aliphatic carbocycles. The first-order chi connectivity index (χ1) is 7.15. The minimum Gasteiger partial charge on any atom is -0.475 e. The van der Waals surface area contributed by atoms with Crippen LogP contribution in [-0.2, 0) is 0 Å². The van der Waals surface area contributed by atoms with Crippen molar-refractivity contribution in [1.82, 2.24) is 9.97 Å². The molecule has 5 heteroatoms. The number of aromatic nitrogens is 2. The highest BCUT2D eigenvalue weighted by molar-refractivity contribution is 5.36. The second-order valence-corrected chi connectivity index (χ2v) is 3.50. The molecule has 0 bridgehead atoms. The van der Waals surface area contributed by atoms with E-state index < -0.39 is 0 Å². The van der Waals surface area contributed by atoms with Crippen molar-refractivity contribution in [2.75, 3.05) is 5.43 Å². The van der Waals surface area contributed by atoms with Gasteiger partial charge in [0.2, 0.25) is 5.88 Å². The Morgan fingerprint density at radius 3 is 2.87 bits per heavy atom. The van der Waals surface area contributed by atoms with Crippen LogP contribution in [0.3, 0.4) is 0 Å². The van der Waals surface area contributed by atoms with E-state index in [2.05, 4.69) is 22.3 Å². The highest BCUT2D eigenvalue weighted by atomic mass is 16.5. The zero-order chi connectivity index (χ0) is 11.3. The molecule has 15 heavy (non-hydrogen) atoms. The van der Waals surface area contributed by atoms with Crippen molar-refractivity contribution >= 4 is 5.82 Å². The number of hydrogen-bond donors (Lipinski definition) is 2. The number of aryl methyl sites for hydroxylation is 1. The summed E-state index contributed by atoms with van der Waals surface area (Å²) in [6.07, 6.45) is 2.26. The van der Waals surface area contributed by atoms with Gasteiger partial charge in [0.1, 0.15) is 11.6 Å². The van der Waals surface area contributed by atoms with Gasteiger partial charge in [0.25, 0.3) is 0 Å². The smallest absolute Gasteiger partial charge is 0.219 e. The second-order valence-electron chi connectivity index (χ2n) is 3.50. The lowest BCUT2D eigenvalue weighted by molar-refractivity contribution is 0.201. The number of nitrogens with zero attached hydrogens (tertiary/aromatic N) is 2. The molecule has 1 heterocycles. The molecule has 0 aromatic carbocycles. The van der Waals surface area contributed by atoms with E-state index in [1.165, 1.54) is 0 Å². The average Bonchev–Trinajstić information content (AvgIpc) is 2.17. The third-order valence-electron chi connectivity index (χ3n) is 1.98. The fourth-order valence-electron chi connectivity index (χ4n) is 1.35. The second kappa shape index (κ2) is 5.50. The number of nitrogen functional groups attached to an aromatic ring is 1. The van der Waals surface area contributed by atoms with Gasteiger partial charge in [0.15, 0.2) is 0 Å². The summed E-state index contributed by atoms with van der Waals surface area (Å²) in [4.78, 5) is 8.25. The van der Waals surface area contributed by atoms with Crippen molar-refractivity contribution in [1.29, 1.82) is 0 Å². The Hall–Kier alpha value is -1.36. The van der Waals surface area contributed by atoms with Gasteiger partial charge in [-0.3, -0.25) is 0 Å². The summed E-state index contributed by atoms with van der Waals surface area (Å²) in [6.45, 7) is 5.95. The lowest BCUT2D eigenvalue weighted by Crippen LogP contribution is -2.14. The maximum absolute atomic E-state index is 5.63. The van der Waals surface area contributed by atoms with Gasteiger partial charge < -0.3 is 10.2 Å². The van der Waals surface area contributed by atoms with Crippen molar-refractivity contribution in [3.63, 3.8) is 0 Å². The third-order valence-corrected chi connectivity index (χ3v) is 1.98. The van der Waals surface area contributed by atoms with Crippen LogP contribution in [0, 0.1) is 6.92 Å². The molecule has 1 aromatic heterocycles. The summed E-state index contributed by atoms with van der Waals surface area (Å²) in [5, 5.41) is 0. The number of nitrogens with two attached hydrogens (primary N) is 1. The topological polar surface area (TPSA) is 73.1 Å². The van der Waals surface area contributed by atoms with Gasteiger partial charge >= 0.3 is 0 Å². The van der Waals surface area contributed by atoms with Gasteiger partial charge in [0, 0.05) is 6.07 Å². The first kappa shape index (κ1) is 11.7. The monoisotopic (exact) mass is 210 g/mol. The molecule has 0 saturated heterocycles. The minimum atomic E-state index is 0.162. The van der Waals surface area contributed by atoms with Crippen LogP contribution in [0.25, 0.3) is 0 Å². The molecule has 1 aromatic rings. The molecule has 1 rings (SSSR count). The van der Waals surface area contributed by atoms with E-state index in [4.69, 9.17) is 10.6 Å². The SMILES string of the molecule is CCCC(C)Oc1cc(NN)nc(C)n1. The van der Waals surface area contributed by atoms with Crippen molar-refractivity contribution in [2.24, 2.45) is 5.84 Å². The largest absolute Gasteiger partial charge is 0.475 e. The molecule has 1 atom stereocenters. The lowest BCUT2D eigenvalue weighted by atomic mass is 10.2. The molecule has 1 unspecified atom stereocenters. The van der Waals surface area contributed by atoms with E-state index in [0.29, 0.717) is 17.5 Å². The molecule has 0 aliphatic rings. The van der Waals surface area contributed by atoms with Gasteiger partial charge in [0.05, 0.1) is 6.10 Å². The van der Waals surface area contributed by atoms with Crippen molar-refractivity contribution in [2.45, 2.75) is 39.7 Å². The Bertz CT molecular complexity index is 316. The third kappa shape index (κ3) is 3.71. The predicted octanol–water partition coefficient (Wildman–Crippen LogP) is 1.64. The highest BCUT2D eigenvalue weighted by Crippen LogP contribution is 2.15. The van der Waals surface area contributed by atoms with Gasteiger partial charge in [-0.25, -0.2) is 10.8 Å². The van der Waals surface area contributed by atoms with Crippen LogP contribution >= 0.6 is 0 Å². The van der Waals surface area contributed by atoms with E-state index in [0.717, 1.165) is 12.8 Å². The minimum absolute atomic E-state index is 0.162. The maximum Gasteiger partial charge on any atom is 0.219 e. The molecule has 0 amide bonds. The number of anilines is 1. The Labute approximate surface area is 90.0 Å². The van der Waals surface area contributed by atoms with Crippen LogP contribution in [0.2, 0.25) is 0 Å². The molecule has 0 spiro atoms. The number of nitrogens with one attached hydrogen (secondary N) is 1. The van der Waals surface area contributed by atoms with E-state index in [1.807, 2.05) is 6.92 Å². The lowest BCUT2D eigenvalue weighted by Gasteiger charge is -2.13. The van der Waals surface area contributed by atoms with Crippen LogP contribution in [0.5, 0.6) is 5.88 Å². The van der Waals surface area contributed by atoms with Crippen LogP contribution in [0.1, 0.15) is 32.5 Å². The zero-order valence-electron chi connectivity index (χ0n) is 9.45. The van der Waals surface area contributed by atoms with E-state index in [1.54, 1.807) is 13.0 Å². The van der Waals surface area contributed by atoms with Crippen LogP contribution < -0.4 is 16.0 Å². The van der Waals surface area contributed by atoms with Crippen molar-refractivity contribution in [3.8, 4) is 5.88 Å². The van der Waals surface area contributed by atoms with E-state index in [9.17, 15) is 0 Å². The molecular weight excluding hydrogens is 192 g/mol. The fraction of sp³-hybridized carbons (Fsp3) is 0.600. The highest BCUT2D eigenvalue weighted by Gasteiger charge is 2.06. The molecule has 0 aliphatic heterocycles. The summed E-state index contributed by atoms with van der Waals surface area (Å²) in [5.41, 5.74) is 2.48. The summed E-state index contributed by atoms with van der Waals surface area (Å²) < 4.78 is 5.63. The zero-order valence-corrected chi connectivity index (χ0v) is 9.45. The number of ether oxygens (including phenoxy) is 1. The molecule has 0 fully saturated rings. The number of hydrogen-bond acceptors (Lipinski definition) is 5. The standard InChI is InChI=1S/C10H18N4O/c1-4-5-7(2)15-10-6-9(14-11)12-8(3)13-10/h6-7H,4-5,11H2,1-3H3,(H,12,13,14). The number of hydrazine groups is 1. The Kier molecular flexibility index (Phi) is 4.30. The predicted molar refractivity (Wildman–Crippen MR) is 59.6 cm³/mol. The van der Waals surface area contributed by atoms with Gasteiger partial charge in [-0.2, -0.15) is 4.98 Å². The molecule has 3 N–H and O–H groups in total. The van der Waals surface area contributed by atoms with Gasteiger partial charge in [-0.05, 0) is 20.3 Å². The van der Waals surface area contributed by atoms with Crippen LogP contribution in [0.15, 0.2) is 6.07 Å². The van der Waals surface area contributed by atoms with Gasteiger partial charge in [-0.1, -0.05) is 13.3 Å². The molecule has 0 radical (unpaired) electrons. The Morgan fingerprint density at radius 1 is 1.53 bits per heavy atom. The average molecular weight is 210 g/mol. The fourth-order valence-corrected chi connectivity index (χ4v) is 1.35. The summed E-state index contributed by atoms with van der Waals surface area (Å²) in [5.74, 6) is 7.06. The Balaban J connectivity index is 2.71. The number of rotatable bonds is 5. The van der Waals surface area contributed by atoms with Crippen molar-refractivity contribution in [3.05, 3.63) is 11.9 Å². The quantitative estimate of drug-likeness (QED) is 0.571. The molecule has 5 nitrogen and oxygen atoms in total. The first-order valence-electron chi connectivity index (χ1n) is 5.14.